The molecule has 2 N–H and O–H groups in total. The lowest BCUT2D eigenvalue weighted by molar-refractivity contribution is 0.764. The third kappa shape index (κ3) is 1.62. The van der Waals surface area contributed by atoms with Gasteiger partial charge in [-0.1, -0.05) is 0 Å². The number of rotatable bonds is 2. The van der Waals surface area contributed by atoms with Gasteiger partial charge >= 0.3 is 0 Å². The molecule has 0 amide bonds. The zero-order chi connectivity index (χ0) is 9.97. The first kappa shape index (κ1) is 8.83. The topological polar surface area (TPSA) is 69.6 Å². The highest BCUT2D eigenvalue weighted by Crippen LogP contribution is 2.16. The van der Waals surface area contributed by atoms with Crippen molar-refractivity contribution in [2.24, 2.45) is 12.8 Å². The van der Waals surface area contributed by atoms with E-state index in [2.05, 4.69) is 15.3 Å². The highest BCUT2D eigenvalue weighted by atomic mass is 15.2. The molecule has 5 nitrogen and oxygen atoms in total. The van der Waals surface area contributed by atoms with E-state index >= 15 is 0 Å². The first-order chi connectivity index (χ1) is 6.77. The highest BCUT2D eigenvalue weighted by Gasteiger charge is 2.10. The molecule has 0 aliphatic rings. The normalized spacial score (nSPS) is 12.7. The van der Waals surface area contributed by atoms with Crippen LogP contribution in [0.1, 0.15) is 17.2 Å². The molecule has 0 radical (unpaired) electrons. The summed E-state index contributed by atoms with van der Waals surface area (Å²) < 4.78 is 1.73. The molecule has 0 spiro atoms. The van der Waals surface area contributed by atoms with Crippen LogP contribution in [0.15, 0.2) is 30.9 Å². The van der Waals surface area contributed by atoms with Crippen LogP contribution in [-0.4, -0.2) is 20.0 Å². The summed E-state index contributed by atoms with van der Waals surface area (Å²) in [6.45, 7) is 0. The van der Waals surface area contributed by atoms with Gasteiger partial charge in [0.2, 0.25) is 0 Å². The average molecular weight is 189 g/mol. The van der Waals surface area contributed by atoms with E-state index in [9.17, 15) is 0 Å². The molecular formula is C9H11N5. The maximum atomic E-state index is 6.01. The lowest BCUT2D eigenvalue weighted by Gasteiger charge is -2.07. The summed E-state index contributed by atoms with van der Waals surface area (Å²) >= 11 is 0. The molecular weight excluding hydrogens is 178 g/mol. The number of aromatic nitrogens is 4. The minimum Gasteiger partial charge on any atom is -0.320 e. The van der Waals surface area contributed by atoms with E-state index in [1.807, 2.05) is 19.3 Å². The molecule has 14 heavy (non-hydrogen) atoms. The Morgan fingerprint density at radius 3 is 2.71 bits per heavy atom. The molecule has 0 aliphatic heterocycles. The van der Waals surface area contributed by atoms with Crippen LogP contribution in [0.5, 0.6) is 0 Å². The predicted molar refractivity (Wildman–Crippen MR) is 51.3 cm³/mol. The number of nitrogens with two attached hydrogens (primary N) is 1. The Balaban J connectivity index is 2.29. The Hall–Kier alpha value is -1.75. The Bertz CT molecular complexity index is 408. The number of nitrogens with zero attached hydrogens (tertiary/aromatic N) is 4. The van der Waals surface area contributed by atoms with Crippen LogP contribution in [0, 0.1) is 0 Å². The second kappa shape index (κ2) is 3.55. The van der Waals surface area contributed by atoms with E-state index in [4.69, 9.17) is 5.73 Å². The molecule has 2 heterocycles. The second-order valence-corrected chi connectivity index (χ2v) is 3.10. The predicted octanol–water partition coefficient (Wildman–Crippen LogP) is 0.258. The van der Waals surface area contributed by atoms with Gasteiger partial charge in [0.25, 0.3) is 0 Å². The largest absolute Gasteiger partial charge is 0.320 e. The fraction of sp³-hybridized carbons (Fsp3) is 0.222. The van der Waals surface area contributed by atoms with E-state index in [0.717, 1.165) is 11.1 Å². The fourth-order valence-electron chi connectivity index (χ4n) is 1.28. The van der Waals surface area contributed by atoms with Crippen LogP contribution in [0.3, 0.4) is 0 Å². The van der Waals surface area contributed by atoms with Gasteiger partial charge in [-0.05, 0) is 11.6 Å². The van der Waals surface area contributed by atoms with Crippen molar-refractivity contribution < 1.29 is 0 Å². The number of hydrogen-bond acceptors (Lipinski definition) is 4. The minimum atomic E-state index is -0.181. The fourth-order valence-corrected chi connectivity index (χ4v) is 1.28. The van der Waals surface area contributed by atoms with E-state index in [0.29, 0.717) is 0 Å². The summed E-state index contributed by atoms with van der Waals surface area (Å²) in [5, 5.41) is 11.5. The molecule has 1 atom stereocenters. The van der Waals surface area contributed by atoms with Crippen molar-refractivity contribution in [2.75, 3.05) is 0 Å². The summed E-state index contributed by atoms with van der Waals surface area (Å²) in [6.07, 6.45) is 6.94. The summed E-state index contributed by atoms with van der Waals surface area (Å²) in [7, 11) is 1.86. The monoisotopic (exact) mass is 189 g/mol. The summed E-state index contributed by atoms with van der Waals surface area (Å²) in [6, 6.07) is 1.67. The Morgan fingerprint density at radius 1 is 1.29 bits per heavy atom. The molecule has 2 aromatic heterocycles. The van der Waals surface area contributed by atoms with Gasteiger partial charge in [0.1, 0.15) is 0 Å². The average Bonchev–Trinajstić information content (AvgIpc) is 2.65. The van der Waals surface area contributed by atoms with E-state index in [1.165, 1.54) is 0 Å². The van der Waals surface area contributed by atoms with Gasteiger partial charge in [-0.2, -0.15) is 15.3 Å². The van der Waals surface area contributed by atoms with Crippen molar-refractivity contribution in [1.82, 2.24) is 20.0 Å². The first-order valence-corrected chi connectivity index (χ1v) is 4.28. The first-order valence-electron chi connectivity index (χ1n) is 4.28. The summed E-state index contributed by atoms with van der Waals surface area (Å²) in [5.74, 6) is 0. The van der Waals surface area contributed by atoms with E-state index < -0.39 is 0 Å². The quantitative estimate of drug-likeness (QED) is 0.735. The Morgan fingerprint density at radius 2 is 2.14 bits per heavy atom. The molecule has 5 heteroatoms. The van der Waals surface area contributed by atoms with E-state index in [-0.39, 0.29) is 6.04 Å². The second-order valence-electron chi connectivity index (χ2n) is 3.10. The van der Waals surface area contributed by atoms with Crippen LogP contribution in [-0.2, 0) is 7.05 Å². The lowest BCUT2D eigenvalue weighted by Crippen LogP contribution is -2.11. The Labute approximate surface area is 81.6 Å². The molecule has 0 aliphatic carbocycles. The zero-order valence-corrected chi connectivity index (χ0v) is 7.83. The molecule has 0 aromatic carbocycles. The van der Waals surface area contributed by atoms with Gasteiger partial charge in [0.15, 0.2) is 0 Å². The van der Waals surface area contributed by atoms with Crippen molar-refractivity contribution in [3.05, 3.63) is 42.0 Å². The molecule has 0 bridgehead atoms. The van der Waals surface area contributed by atoms with Gasteiger partial charge < -0.3 is 5.73 Å². The lowest BCUT2D eigenvalue weighted by atomic mass is 10.1. The van der Waals surface area contributed by atoms with Gasteiger partial charge in [-0.15, -0.1) is 0 Å². The Kier molecular flexibility index (Phi) is 2.24. The van der Waals surface area contributed by atoms with E-state index in [1.54, 1.807) is 23.3 Å². The number of aryl methyl sites for hydroxylation is 1. The van der Waals surface area contributed by atoms with Crippen LogP contribution in [0.2, 0.25) is 0 Å². The van der Waals surface area contributed by atoms with Crippen LogP contribution < -0.4 is 5.73 Å². The summed E-state index contributed by atoms with van der Waals surface area (Å²) in [5.41, 5.74) is 7.92. The maximum Gasteiger partial charge on any atom is 0.0599 e. The van der Waals surface area contributed by atoms with Gasteiger partial charge in [0.05, 0.1) is 18.4 Å². The van der Waals surface area contributed by atoms with Gasteiger partial charge in [-0.3, -0.25) is 4.68 Å². The van der Waals surface area contributed by atoms with Crippen molar-refractivity contribution in [3.63, 3.8) is 0 Å². The molecule has 2 aromatic rings. The molecule has 0 fully saturated rings. The third-order valence-corrected chi connectivity index (χ3v) is 2.05. The molecule has 1 unspecified atom stereocenters. The molecule has 2 rings (SSSR count). The van der Waals surface area contributed by atoms with Crippen molar-refractivity contribution >= 4 is 0 Å². The molecule has 0 saturated carbocycles. The van der Waals surface area contributed by atoms with Crippen LogP contribution >= 0.6 is 0 Å². The zero-order valence-electron chi connectivity index (χ0n) is 7.83. The van der Waals surface area contributed by atoms with Crippen LogP contribution in [0.4, 0.5) is 0 Å². The van der Waals surface area contributed by atoms with Crippen LogP contribution in [0.25, 0.3) is 0 Å². The van der Waals surface area contributed by atoms with Crippen molar-refractivity contribution in [2.45, 2.75) is 6.04 Å². The van der Waals surface area contributed by atoms with Gasteiger partial charge in [-0.25, -0.2) is 0 Å². The standard InChI is InChI=1S/C9H11N5/c1-14-6-8(5-13-14)9(10)7-2-3-11-12-4-7/h2-6,9H,10H2,1H3. The van der Waals surface area contributed by atoms with Gasteiger partial charge in [0, 0.05) is 25.0 Å². The molecule has 72 valence electrons. The summed E-state index contributed by atoms with van der Waals surface area (Å²) in [4.78, 5) is 0. The van der Waals surface area contributed by atoms with Crippen molar-refractivity contribution in [3.8, 4) is 0 Å². The van der Waals surface area contributed by atoms with Crippen molar-refractivity contribution in [1.29, 1.82) is 0 Å². The smallest absolute Gasteiger partial charge is 0.0599 e. The molecule has 0 saturated heterocycles. The SMILES string of the molecule is Cn1cc(C(N)c2ccnnc2)cn1. The highest BCUT2D eigenvalue weighted by molar-refractivity contribution is 5.24. The maximum absolute atomic E-state index is 6.01. The number of hydrogen-bond donors (Lipinski definition) is 1. The minimum absolute atomic E-state index is 0.181. The third-order valence-electron chi connectivity index (χ3n) is 2.05.